The summed E-state index contributed by atoms with van der Waals surface area (Å²) in [7, 11) is 0. The summed E-state index contributed by atoms with van der Waals surface area (Å²) in [5.74, 6) is 1.13. The predicted octanol–water partition coefficient (Wildman–Crippen LogP) is 1.62. The molecule has 0 saturated carbocycles. The van der Waals surface area contributed by atoms with E-state index in [0.717, 1.165) is 64.4 Å². The Bertz CT molecular complexity index is 507. The molecule has 3 aliphatic rings. The van der Waals surface area contributed by atoms with Crippen LogP contribution in [0, 0.1) is 0 Å². The second-order valence-corrected chi connectivity index (χ2v) is 7.82. The van der Waals surface area contributed by atoms with E-state index >= 15 is 0 Å². The van der Waals surface area contributed by atoms with E-state index in [4.69, 9.17) is 14.5 Å². The first-order valence-corrected chi connectivity index (χ1v) is 10.7. The fourth-order valence-electron chi connectivity index (χ4n) is 4.28. The maximum absolute atomic E-state index is 12.5. The second-order valence-electron chi connectivity index (χ2n) is 7.82. The molecular formula is C20H36N4O3. The van der Waals surface area contributed by atoms with Crippen molar-refractivity contribution in [1.82, 2.24) is 15.1 Å². The summed E-state index contributed by atoms with van der Waals surface area (Å²) in [4.78, 5) is 21.6. The topological polar surface area (TPSA) is 66.4 Å². The van der Waals surface area contributed by atoms with Crippen LogP contribution in [0.5, 0.6) is 0 Å². The molecule has 0 aromatic carbocycles. The van der Waals surface area contributed by atoms with E-state index in [1.165, 1.54) is 6.42 Å². The fraction of sp³-hybridized carbons (Fsp3) is 0.900. The number of nitrogens with one attached hydrogen (secondary N) is 1. The van der Waals surface area contributed by atoms with Crippen molar-refractivity contribution >= 4 is 11.9 Å². The van der Waals surface area contributed by atoms with Crippen molar-refractivity contribution in [2.75, 3.05) is 45.9 Å². The average molecular weight is 381 g/mol. The van der Waals surface area contributed by atoms with E-state index in [0.29, 0.717) is 25.6 Å². The first-order chi connectivity index (χ1) is 13.2. The third-order valence-corrected chi connectivity index (χ3v) is 5.82. The summed E-state index contributed by atoms with van der Waals surface area (Å²) in [5, 5.41) is 3.38. The Morgan fingerprint density at radius 2 is 1.96 bits per heavy atom. The predicted molar refractivity (Wildman–Crippen MR) is 106 cm³/mol. The number of rotatable bonds is 5. The van der Waals surface area contributed by atoms with Crippen LogP contribution in [-0.2, 0) is 14.3 Å². The van der Waals surface area contributed by atoms with Crippen molar-refractivity contribution in [1.29, 1.82) is 0 Å². The molecule has 3 fully saturated rings. The molecule has 1 N–H and O–H groups in total. The normalized spacial score (nSPS) is 29.9. The highest BCUT2D eigenvalue weighted by Crippen LogP contribution is 2.21. The third kappa shape index (κ3) is 5.57. The molecule has 3 unspecified atom stereocenters. The largest absolute Gasteiger partial charge is 0.375 e. The van der Waals surface area contributed by atoms with E-state index in [1.807, 2.05) is 4.90 Å². The van der Waals surface area contributed by atoms with Crippen molar-refractivity contribution < 1.29 is 14.3 Å². The molecule has 0 aromatic heterocycles. The zero-order valence-corrected chi connectivity index (χ0v) is 17.0. The Balaban J connectivity index is 1.53. The standard InChI is InChI=1S/C20H36N4O3/c1-3-21-20(22-10-9-19(25)24-11-5-4-7-16(24)2)23-12-14-27-18(15-23)17-8-6-13-26-17/h16-18H,3-15H2,1-2H3,(H,21,22). The smallest absolute Gasteiger partial charge is 0.224 e. The Labute approximate surface area is 163 Å². The van der Waals surface area contributed by atoms with E-state index in [-0.39, 0.29) is 18.1 Å². The molecule has 0 aliphatic carbocycles. The van der Waals surface area contributed by atoms with Crippen molar-refractivity contribution in [3.63, 3.8) is 0 Å². The highest BCUT2D eigenvalue weighted by atomic mass is 16.5. The van der Waals surface area contributed by atoms with E-state index in [1.54, 1.807) is 0 Å². The van der Waals surface area contributed by atoms with Gasteiger partial charge >= 0.3 is 0 Å². The molecule has 7 nitrogen and oxygen atoms in total. The van der Waals surface area contributed by atoms with Crippen molar-refractivity contribution in [3.05, 3.63) is 0 Å². The zero-order chi connectivity index (χ0) is 19.1. The Hall–Kier alpha value is -1.34. The molecule has 3 atom stereocenters. The van der Waals surface area contributed by atoms with Gasteiger partial charge in [0.25, 0.3) is 0 Å². The van der Waals surface area contributed by atoms with Crippen LogP contribution in [0.25, 0.3) is 0 Å². The maximum Gasteiger partial charge on any atom is 0.224 e. The van der Waals surface area contributed by atoms with Gasteiger partial charge in [-0.3, -0.25) is 9.79 Å². The van der Waals surface area contributed by atoms with Crippen LogP contribution in [-0.4, -0.2) is 85.9 Å². The van der Waals surface area contributed by atoms with Gasteiger partial charge in [-0.1, -0.05) is 0 Å². The SMILES string of the molecule is CCNC(=NCCC(=O)N1CCCCC1C)N1CCOC(C2CCCO2)C1. The number of carbonyl (C=O) groups excluding carboxylic acids is 1. The minimum Gasteiger partial charge on any atom is -0.375 e. The molecule has 0 aromatic rings. The quantitative estimate of drug-likeness (QED) is 0.580. The van der Waals surface area contributed by atoms with Crippen molar-refractivity contribution in [2.24, 2.45) is 4.99 Å². The molecule has 0 radical (unpaired) electrons. The molecular weight excluding hydrogens is 344 g/mol. The van der Waals surface area contributed by atoms with Gasteiger partial charge in [-0.25, -0.2) is 0 Å². The van der Waals surface area contributed by atoms with Gasteiger partial charge in [0.1, 0.15) is 6.10 Å². The van der Waals surface area contributed by atoms with Gasteiger partial charge in [-0.2, -0.15) is 0 Å². The molecule has 0 spiro atoms. The molecule has 3 saturated heterocycles. The van der Waals surface area contributed by atoms with Crippen LogP contribution < -0.4 is 5.32 Å². The lowest BCUT2D eigenvalue weighted by atomic mass is 10.0. The summed E-state index contributed by atoms with van der Waals surface area (Å²) in [6, 6.07) is 0.370. The number of ether oxygens (including phenoxy) is 2. The molecule has 3 aliphatic heterocycles. The van der Waals surface area contributed by atoms with Crippen LogP contribution in [0.1, 0.15) is 52.4 Å². The summed E-state index contributed by atoms with van der Waals surface area (Å²) in [6.45, 7) is 9.65. The van der Waals surface area contributed by atoms with Gasteiger partial charge in [-0.15, -0.1) is 0 Å². The van der Waals surface area contributed by atoms with Crippen LogP contribution in [0.2, 0.25) is 0 Å². The molecule has 7 heteroatoms. The lowest BCUT2D eigenvalue weighted by Crippen LogP contribution is -2.53. The molecule has 3 heterocycles. The lowest BCUT2D eigenvalue weighted by Gasteiger charge is -2.37. The number of nitrogens with zero attached hydrogens (tertiary/aromatic N) is 3. The third-order valence-electron chi connectivity index (χ3n) is 5.82. The number of piperidine rings is 1. The number of aliphatic imine (C=N–C) groups is 1. The number of hydrogen-bond donors (Lipinski definition) is 1. The molecule has 1 amide bonds. The lowest BCUT2D eigenvalue weighted by molar-refractivity contribution is -0.134. The Morgan fingerprint density at radius 1 is 1.11 bits per heavy atom. The summed E-state index contributed by atoms with van der Waals surface area (Å²) in [6.07, 6.45) is 6.48. The number of morpholine rings is 1. The van der Waals surface area contributed by atoms with Gasteiger partial charge in [-0.05, 0) is 46.0 Å². The van der Waals surface area contributed by atoms with Gasteiger partial charge in [0.05, 0.1) is 19.3 Å². The summed E-state index contributed by atoms with van der Waals surface area (Å²) in [5.41, 5.74) is 0. The van der Waals surface area contributed by atoms with Gasteiger partial charge < -0.3 is 24.6 Å². The first-order valence-electron chi connectivity index (χ1n) is 10.7. The number of amides is 1. The monoisotopic (exact) mass is 380 g/mol. The van der Waals surface area contributed by atoms with Crippen molar-refractivity contribution in [2.45, 2.75) is 70.6 Å². The summed E-state index contributed by atoms with van der Waals surface area (Å²) >= 11 is 0. The Kier molecular flexibility index (Phi) is 7.76. The second kappa shape index (κ2) is 10.3. The maximum atomic E-state index is 12.5. The molecule has 3 rings (SSSR count). The Morgan fingerprint density at radius 3 is 2.70 bits per heavy atom. The van der Waals surface area contributed by atoms with E-state index in [9.17, 15) is 4.79 Å². The van der Waals surface area contributed by atoms with Gasteiger partial charge in [0.15, 0.2) is 5.96 Å². The van der Waals surface area contributed by atoms with Crippen LogP contribution >= 0.6 is 0 Å². The average Bonchev–Trinajstić information content (AvgIpc) is 3.22. The van der Waals surface area contributed by atoms with Crippen molar-refractivity contribution in [3.8, 4) is 0 Å². The molecule has 0 bridgehead atoms. The zero-order valence-electron chi connectivity index (χ0n) is 17.0. The van der Waals surface area contributed by atoms with E-state index < -0.39 is 0 Å². The number of carbonyl (C=O) groups is 1. The van der Waals surface area contributed by atoms with Crippen LogP contribution in [0.3, 0.4) is 0 Å². The first kappa shape index (κ1) is 20.4. The summed E-state index contributed by atoms with van der Waals surface area (Å²) < 4.78 is 11.8. The number of hydrogen-bond acceptors (Lipinski definition) is 4. The molecule has 154 valence electrons. The van der Waals surface area contributed by atoms with Crippen LogP contribution in [0.15, 0.2) is 4.99 Å². The minimum atomic E-state index is 0.112. The highest BCUT2D eigenvalue weighted by Gasteiger charge is 2.32. The fourth-order valence-corrected chi connectivity index (χ4v) is 4.28. The number of guanidine groups is 1. The number of likely N-dealkylation sites (tertiary alicyclic amines) is 1. The van der Waals surface area contributed by atoms with Gasteiger partial charge in [0, 0.05) is 45.2 Å². The van der Waals surface area contributed by atoms with E-state index in [2.05, 4.69) is 24.1 Å². The highest BCUT2D eigenvalue weighted by molar-refractivity contribution is 5.81. The van der Waals surface area contributed by atoms with Crippen LogP contribution in [0.4, 0.5) is 0 Å². The molecule has 27 heavy (non-hydrogen) atoms. The van der Waals surface area contributed by atoms with Gasteiger partial charge in [0.2, 0.25) is 5.91 Å². The minimum absolute atomic E-state index is 0.112.